The van der Waals surface area contributed by atoms with Crippen LogP contribution in [0.25, 0.3) is 0 Å². The number of hydrogen-bond acceptors (Lipinski definition) is 4. The van der Waals surface area contributed by atoms with Crippen LogP contribution in [-0.2, 0) is 9.53 Å². The first-order chi connectivity index (χ1) is 8.61. The van der Waals surface area contributed by atoms with Crippen LogP contribution in [0.4, 0.5) is 20.3 Å². The molecule has 2 N–H and O–H groups in total. The van der Waals surface area contributed by atoms with Crippen molar-refractivity contribution in [2.45, 2.75) is 12.8 Å². The van der Waals surface area contributed by atoms with Crippen molar-refractivity contribution in [3.8, 4) is 0 Å². The van der Waals surface area contributed by atoms with Crippen LogP contribution in [0.5, 0.6) is 0 Å². The highest BCUT2D eigenvalue weighted by molar-refractivity contribution is 5.90. The smallest absolute Gasteiger partial charge is 0.261 e. The lowest BCUT2D eigenvalue weighted by atomic mass is 10.3. The van der Waals surface area contributed by atoms with E-state index in [1.54, 1.807) is 19.2 Å². The molecule has 0 aliphatic rings. The van der Waals surface area contributed by atoms with E-state index in [1.165, 1.54) is 6.20 Å². The summed E-state index contributed by atoms with van der Waals surface area (Å²) in [6.45, 7) is -0.677. The summed E-state index contributed by atoms with van der Waals surface area (Å²) in [5.74, 6) is 0.386. The van der Waals surface area contributed by atoms with Crippen molar-refractivity contribution in [3.05, 3.63) is 18.3 Å². The van der Waals surface area contributed by atoms with E-state index in [1.807, 2.05) is 0 Å². The van der Waals surface area contributed by atoms with Crippen LogP contribution in [0, 0.1) is 0 Å². The number of pyridine rings is 1. The molecule has 0 fully saturated rings. The van der Waals surface area contributed by atoms with Crippen molar-refractivity contribution in [2.75, 3.05) is 30.9 Å². The number of carbonyl (C=O) groups excluding carboxylic acids is 1. The fourth-order valence-corrected chi connectivity index (χ4v) is 1.18. The number of amides is 1. The zero-order valence-corrected chi connectivity index (χ0v) is 11.2. The van der Waals surface area contributed by atoms with Crippen molar-refractivity contribution >= 4 is 29.8 Å². The van der Waals surface area contributed by atoms with E-state index >= 15 is 0 Å². The molecule has 19 heavy (non-hydrogen) atoms. The number of alkyl halides is 2. The number of ether oxygens (including phenoxy) is 1. The Labute approximate surface area is 116 Å². The van der Waals surface area contributed by atoms with Gasteiger partial charge in [-0.15, -0.1) is 12.4 Å². The first kappa shape index (κ1) is 17.5. The third kappa shape index (κ3) is 7.53. The molecule has 0 spiro atoms. The summed E-state index contributed by atoms with van der Waals surface area (Å²) in [5, 5.41) is 5.43. The minimum absolute atomic E-state index is 0. The first-order valence-corrected chi connectivity index (χ1v) is 5.41. The van der Waals surface area contributed by atoms with Crippen LogP contribution in [0.1, 0.15) is 6.42 Å². The summed E-state index contributed by atoms with van der Waals surface area (Å²) in [4.78, 5) is 15.4. The lowest BCUT2D eigenvalue weighted by Crippen LogP contribution is -2.15. The maximum atomic E-state index is 11.7. The van der Waals surface area contributed by atoms with Crippen LogP contribution in [0.3, 0.4) is 0 Å². The molecule has 1 aromatic heterocycles. The molecule has 0 aromatic carbocycles. The summed E-state index contributed by atoms with van der Waals surface area (Å²) < 4.78 is 28.1. The van der Waals surface area contributed by atoms with E-state index in [0.29, 0.717) is 11.5 Å². The quantitative estimate of drug-likeness (QED) is 0.757. The molecule has 0 radical (unpaired) electrons. The Kier molecular flexibility index (Phi) is 8.73. The topological polar surface area (TPSA) is 63.2 Å². The third-order valence-electron chi connectivity index (χ3n) is 2.02. The monoisotopic (exact) mass is 295 g/mol. The van der Waals surface area contributed by atoms with Crippen LogP contribution in [-0.4, -0.2) is 37.6 Å². The molecule has 0 aliphatic heterocycles. The van der Waals surface area contributed by atoms with Gasteiger partial charge >= 0.3 is 0 Å². The number of nitrogens with zero attached hydrogens (tertiary/aromatic N) is 1. The molecule has 0 atom stereocenters. The van der Waals surface area contributed by atoms with Gasteiger partial charge in [-0.2, -0.15) is 0 Å². The molecule has 0 saturated carbocycles. The number of nitrogens with one attached hydrogen (secondary N) is 2. The van der Waals surface area contributed by atoms with Crippen LogP contribution in [0.15, 0.2) is 18.3 Å². The maximum Gasteiger partial charge on any atom is 0.261 e. The Balaban J connectivity index is 0.00000324. The first-order valence-electron chi connectivity index (χ1n) is 5.41. The second-order valence-corrected chi connectivity index (χ2v) is 3.45. The molecule has 1 amide bonds. The second-order valence-electron chi connectivity index (χ2n) is 3.45. The van der Waals surface area contributed by atoms with Gasteiger partial charge in [0, 0.05) is 7.05 Å². The van der Waals surface area contributed by atoms with Crippen molar-refractivity contribution in [3.63, 3.8) is 0 Å². The van der Waals surface area contributed by atoms with Gasteiger partial charge < -0.3 is 15.4 Å². The highest BCUT2D eigenvalue weighted by atomic mass is 35.5. The Morgan fingerprint density at radius 2 is 2.21 bits per heavy atom. The van der Waals surface area contributed by atoms with Gasteiger partial charge in [-0.05, 0) is 12.1 Å². The highest BCUT2D eigenvalue weighted by Gasteiger charge is 2.05. The van der Waals surface area contributed by atoms with Gasteiger partial charge in [0.2, 0.25) is 5.91 Å². The summed E-state index contributed by atoms with van der Waals surface area (Å²) in [6.07, 6.45) is -0.976. The molecular formula is C11H16ClF2N3O2. The van der Waals surface area contributed by atoms with E-state index in [0.717, 1.165) is 0 Å². The molecule has 1 rings (SSSR count). The van der Waals surface area contributed by atoms with Crippen LogP contribution < -0.4 is 10.6 Å². The largest absolute Gasteiger partial charge is 0.375 e. The molecule has 1 heterocycles. The summed E-state index contributed by atoms with van der Waals surface area (Å²) in [7, 11) is 1.74. The van der Waals surface area contributed by atoms with Crippen molar-refractivity contribution in [1.82, 2.24) is 4.98 Å². The molecular weight excluding hydrogens is 280 g/mol. The predicted molar refractivity (Wildman–Crippen MR) is 71.1 cm³/mol. The standard InChI is InChI=1S/C11H15F2N3O2.ClH/c1-14-10-3-2-8(6-15-10)16-11(17)4-5-18-7-9(12)13;/h2-3,6,9H,4-5,7H2,1H3,(H,14,15)(H,16,17);1H. The lowest BCUT2D eigenvalue weighted by Gasteiger charge is -2.06. The lowest BCUT2D eigenvalue weighted by molar-refractivity contribution is -0.117. The van der Waals surface area contributed by atoms with E-state index in [9.17, 15) is 13.6 Å². The van der Waals surface area contributed by atoms with E-state index in [-0.39, 0.29) is 31.3 Å². The Bertz CT molecular complexity index is 377. The maximum absolute atomic E-state index is 11.7. The van der Waals surface area contributed by atoms with E-state index in [2.05, 4.69) is 20.4 Å². The average Bonchev–Trinajstić information content (AvgIpc) is 2.35. The number of carbonyl (C=O) groups is 1. The Hall–Kier alpha value is -1.47. The molecule has 1 aromatic rings. The van der Waals surface area contributed by atoms with Gasteiger partial charge in [0.1, 0.15) is 12.4 Å². The molecule has 108 valence electrons. The predicted octanol–water partition coefficient (Wildman–Crippen LogP) is 2.16. The van der Waals surface area contributed by atoms with Crippen molar-refractivity contribution in [1.29, 1.82) is 0 Å². The summed E-state index contributed by atoms with van der Waals surface area (Å²) in [5.41, 5.74) is 0.549. The van der Waals surface area contributed by atoms with Crippen molar-refractivity contribution < 1.29 is 18.3 Å². The Morgan fingerprint density at radius 3 is 2.74 bits per heavy atom. The number of aromatic nitrogens is 1. The number of rotatable bonds is 7. The average molecular weight is 296 g/mol. The van der Waals surface area contributed by atoms with Gasteiger partial charge in [0.05, 0.1) is 24.9 Å². The van der Waals surface area contributed by atoms with Gasteiger partial charge in [-0.3, -0.25) is 4.79 Å². The Morgan fingerprint density at radius 1 is 1.47 bits per heavy atom. The van der Waals surface area contributed by atoms with Crippen LogP contribution in [0.2, 0.25) is 0 Å². The van der Waals surface area contributed by atoms with E-state index < -0.39 is 13.0 Å². The molecule has 0 unspecified atom stereocenters. The summed E-state index contributed by atoms with van der Waals surface area (Å²) >= 11 is 0. The SMILES string of the molecule is CNc1ccc(NC(=O)CCOCC(F)F)cn1.Cl. The van der Waals surface area contributed by atoms with Gasteiger partial charge in [0.15, 0.2) is 0 Å². The molecule has 0 bridgehead atoms. The van der Waals surface area contributed by atoms with Crippen molar-refractivity contribution in [2.24, 2.45) is 0 Å². The molecule has 0 saturated heterocycles. The molecule has 0 aliphatic carbocycles. The third-order valence-corrected chi connectivity index (χ3v) is 2.02. The number of halogens is 3. The minimum Gasteiger partial charge on any atom is -0.375 e. The number of anilines is 2. The zero-order chi connectivity index (χ0) is 13.4. The highest BCUT2D eigenvalue weighted by Crippen LogP contribution is 2.09. The normalized spacial score (nSPS) is 9.89. The fourth-order valence-electron chi connectivity index (χ4n) is 1.18. The van der Waals surface area contributed by atoms with Crippen LogP contribution >= 0.6 is 12.4 Å². The number of hydrogen-bond donors (Lipinski definition) is 2. The van der Waals surface area contributed by atoms with Gasteiger partial charge in [0.25, 0.3) is 6.43 Å². The minimum atomic E-state index is -2.51. The molecule has 8 heteroatoms. The second kappa shape index (κ2) is 9.46. The molecule has 5 nitrogen and oxygen atoms in total. The van der Waals surface area contributed by atoms with E-state index in [4.69, 9.17) is 0 Å². The fraction of sp³-hybridized carbons (Fsp3) is 0.455. The van der Waals surface area contributed by atoms with Gasteiger partial charge in [-0.1, -0.05) is 0 Å². The zero-order valence-electron chi connectivity index (χ0n) is 10.4. The van der Waals surface area contributed by atoms with Gasteiger partial charge in [-0.25, -0.2) is 13.8 Å². The summed E-state index contributed by atoms with van der Waals surface area (Å²) in [6, 6.07) is 3.40.